The number of rotatable bonds is 7. The zero-order valence-electron chi connectivity index (χ0n) is 24.0. The van der Waals surface area contributed by atoms with Crippen LogP contribution in [0.15, 0.2) is 54.9 Å². The molecule has 9 heteroatoms. The maximum absolute atomic E-state index is 5.99. The van der Waals surface area contributed by atoms with Gasteiger partial charge in [0, 0.05) is 75.1 Å². The molecule has 2 aromatic carbocycles. The summed E-state index contributed by atoms with van der Waals surface area (Å²) in [6, 6.07) is 17.0. The normalized spacial score (nSPS) is 20.7. The number of benzene rings is 2. The Morgan fingerprint density at radius 3 is 2.59 bits per heavy atom. The van der Waals surface area contributed by atoms with Crippen molar-refractivity contribution in [3.63, 3.8) is 0 Å². The van der Waals surface area contributed by atoms with Gasteiger partial charge >= 0.3 is 0 Å². The molecule has 0 saturated carbocycles. The number of terminal acetylenes is 1. The van der Waals surface area contributed by atoms with E-state index in [2.05, 4.69) is 67.2 Å². The third kappa shape index (κ3) is 6.10. The van der Waals surface area contributed by atoms with E-state index in [1.165, 1.54) is 44.7 Å². The lowest BCUT2D eigenvalue weighted by Crippen LogP contribution is -2.52. The summed E-state index contributed by atoms with van der Waals surface area (Å²) >= 11 is 0. The molecule has 3 fully saturated rings. The molecule has 0 unspecified atom stereocenters. The summed E-state index contributed by atoms with van der Waals surface area (Å²) in [5.74, 6) is 4.86. The first kappa shape index (κ1) is 27.3. The van der Waals surface area contributed by atoms with Gasteiger partial charge in [0.25, 0.3) is 0 Å². The Balaban J connectivity index is 1.12. The molecule has 1 atom stereocenters. The lowest BCUT2D eigenvalue weighted by Gasteiger charge is -2.42. The molecule has 3 aliphatic rings. The lowest BCUT2D eigenvalue weighted by molar-refractivity contribution is 0.0982. The molecule has 0 amide bonds. The van der Waals surface area contributed by atoms with Gasteiger partial charge in [-0.15, -0.1) is 6.42 Å². The van der Waals surface area contributed by atoms with Crippen LogP contribution >= 0.6 is 0 Å². The Morgan fingerprint density at radius 2 is 1.80 bits per heavy atom. The van der Waals surface area contributed by atoms with E-state index >= 15 is 0 Å². The van der Waals surface area contributed by atoms with Crippen LogP contribution in [0.1, 0.15) is 36.4 Å². The number of ether oxygens (including phenoxy) is 1. The van der Waals surface area contributed by atoms with Crippen LogP contribution in [0, 0.1) is 12.3 Å². The molecule has 41 heavy (non-hydrogen) atoms. The molecule has 3 aromatic rings. The van der Waals surface area contributed by atoms with E-state index in [0.29, 0.717) is 24.3 Å². The van der Waals surface area contributed by atoms with Gasteiger partial charge in [-0.25, -0.2) is 15.0 Å². The Bertz CT molecular complexity index is 1380. The van der Waals surface area contributed by atoms with E-state index in [1.807, 2.05) is 29.3 Å². The maximum atomic E-state index is 5.99. The highest BCUT2D eigenvalue weighted by atomic mass is 16.7. The van der Waals surface area contributed by atoms with E-state index in [9.17, 15) is 0 Å². The summed E-state index contributed by atoms with van der Waals surface area (Å²) in [5, 5.41) is 5.29. The quantitative estimate of drug-likeness (QED) is 0.431. The molecule has 1 aromatic heterocycles. The van der Waals surface area contributed by atoms with Crippen molar-refractivity contribution in [1.29, 1.82) is 0 Å². The molecule has 0 aliphatic carbocycles. The zero-order valence-corrected chi connectivity index (χ0v) is 24.0. The standard InChI is InChI=1S/C32H39N7O2/c1-4-24-6-5-7-25(20-24)29-12-19-41-39(29)32-22-31(33-23-34-32)35-28-9-8-27(21-30(28)40-3)37-13-10-26(11-14-37)38-17-15-36(2)16-18-38/h1,5-9,20-23,26,29H,10-19H2,2-3H3,(H,33,34,35)/t29-/m1/s1. The van der Waals surface area contributed by atoms with E-state index in [0.717, 1.165) is 42.1 Å². The zero-order chi connectivity index (χ0) is 28.2. The Hall–Kier alpha value is -3.84. The van der Waals surface area contributed by atoms with E-state index in [-0.39, 0.29) is 6.04 Å². The summed E-state index contributed by atoms with van der Waals surface area (Å²) < 4.78 is 5.81. The Labute approximate surface area is 243 Å². The molecule has 0 radical (unpaired) electrons. The van der Waals surface area contributed by atoms with E-state index in [4.69, 9.17) is 16.0 Å². The molecule has 3 aliphatic heterocycles. The fourth-order valence-electron chi connectivity index (χ4n) is 6.16. The molecule has 4 heterocycles. The first-order valence-corrected chi connectivity index (χ1v) is 14.5. The van der Waals surface area contributed by atoms with Crippen LogP contribution in [0.2, 0.25) is 0 Å². The van der Waals surface area contributed by atoms with Crippen LogP contribution in [0.3, 0.4) is 0 Å². The highest BCUT2D eigenvalue weighted by molar-refractivity contribution is 5.70. The molecule has 6 rings (SSSR count). The molecule has 1 N–H and O–H groups in total. The van der Waals surface area contributed by atoms with Gasteiger partial charge in [-0.05, 0) is 49.7 Å². The van der Waals surface area contributed by atoms with Crippen molar-refractivity contribution in [3.05, 3.63) is 66.0 Å². The molecular formula is C32H39N7O2. The monoisotopic (exact) mass is 553 g/mol. The van der Waals surface area contributed by atoms with Crippen LogP contribution in [0.5, 0.6) is 5.75 Å². The minimum absolute atomic E-state index is 0.0280. The van der Waals surface area contributed by atoms with Crippen molar-refractivity contribution in [2.45, 2.75) is 31.3 Å². The predicted molar refractivity (Wildman–Crippen MR) is 163 cm³/mol. The van der Waals surface area contributed by atoms with Gasteiger partial charge in [0.1, 0.15) is 17.9 Å². The molecule has 214 valence electrons. The van der Waals surface area contributed by atoms with Gasteiger partial charge in [0.2, 0.25) is 0 Å². The number of hydroxylamine groups is 1. The average molecular weight is 554 g/mol. The summed E-state index contributed by atoms with van der Waals surface area (Å²) in [7, 11) is 3.93. The van der Waals surface area contributed by atoms with Gasteiger partial charge in [0.15, 0.2) is 5.82 Å². The lowest BCUT2D eigenvalue weighted by atomic mass is 10.0. The van der Waals surface area contributed by atoms with E-state index in [1.54, 1.807) is 13.4 Å². The SMILES string of the molecule is C#Cc1cccc([C@H]2CCON2c2cc(Nc3ccc(N4CCC(N5CCN(C)CC5)CC4)cc3OC)ncn2)c1. The third-order valence-electron chi connectivity index (χ3n) is 8.55. The van der Waals surface area contributed by atoms with Gasteiger partial charge in [0.05, 0.1) is 25.4 Å². The average Bonchev–Trinajstić information content (AvgIpc) is 3.52. The van der Waals surface area contributed by atoms with Crippen molar-refractivity contribution in [2.24, 2.45) is 0 Å². The first-order valence-electron chi connectivity index (χ1n) is 14.5. The van der Waals surface area contributed by atoms with Crippen LogP contribution in [-0.4, -0.2) is 85.8 Å². The molecule has 0 bridgehead atoms. The highest BCUT2D eigenvalue weighted by Crippen LogP contribution is 2.37. The number of nitrogens with zero attached hydrogens (tertiary/aromatic N) is 6. The largest absolute Gasteiger partial charge is 0.494 e. The fraction of sp³-hybridized carbons (Fsp3) is 0.438. The number of methoxy groups -OCH3 is 1. The number of hydrogen-bond donors (Lipinski definition) is 1. The number of nitrogens with one attached hydrogen (secondary N) is 1. The Morgan fingerprint density at radius 1 is 0.976 bits per heavy atom. The number of aromatic nitrogens is 2. The third-order valence-corrected chi connectivity index (χ3v) is 8.55. The van der Waals surface area contributed by atoms with Crippen molar-refractivity contribution < 1.29 is 9.57 Å². The smallest absolute Gasteiger partial charge is 0.158 e. The van der Waals surface area contributed by atoms with Crippen molar-refractivity contribution >= 4 is 23.0 Å². The number of likely N-dealkylation sites (N-methyl/N-ethyl adjacent to an activating group) is 1. The second-order valence-corrected chi connectivity index (χ2v) is 11.1. The van der Waals surface area contributed by atoms with Gasteiger partial charge in [-0.3, -0.25) is 9.74 Å². The van der Waals surface area contributed by atoms with Crippen LogP contribution < -0.4 is 20.0 Å². The maximum Gasteiger partial charge on any atom is 0.158 e. The number of piperazine rings is 1. The molecule has 3 saturated heterocycles. The molecule has 9 nitrogen and oxygen atoms in total. The first-order chi connectivity index (χ1) is 20.1. The van der Waals surface area contributed by atoms with Gasteiger partial charge < -0.3 is 19.9 Å². The summed E-state index contributed by atoms with van der Waals surface area (Å²) in [5.41, 5.74) is 4.01. The van der Waals surface area contributed by atoms with Crippen LogP contribution in [0.4, 0.5) is 23.0 Å². The minimum Gasteiger partial charge on any atom is -0.494 e. The summed E-state index contributed by atoms with van der Waals surface area (Å²) in [6.45, 7) is 7.44. The van der Waals surface area contributed by atoms with Crippen molar-refractivity contribution in [2.75, 3.05) is 75.3 Å². The predicted octanol–water partition coefficient (Wildman–Crippen LogP) is 4.31. The van der Waals surface area contributed by atoms with Crippen molar-refractivity contribution in [1.82, 2.24) is 19.8 Å². The second kappa shape index (κ2) is 12.4. The topological polar surface area (TPSA) is 69.2 Å². The van der Waals surface area contributed by atoms with Crippen LogP contribution in [-0.2, 0) is 4.84 Å². The minimum atomic E-state index is 0.0280. The summed E-state index contributed by atoms with van der Waals surface area (Å²) in [4.78, 5) is 22.6. The highest BCUT2D eigenvalue weighted by Gasteiger charge is 2.30. The fourth-order valence-corrected chi connectivity index (χ4v) is 6.16. The number of hydrogen-bond acceptors (Lipinski definition) is 9. The number of anilines is 4. The molecular weight excluding hydrogens is 514 g/mol. The van der Waals surface area contributed by atoms with Crippen LogP contribution in [0.25, 0.3) is 0 Å². The summed E-state index contributed by atoms with van der Waals surface area (Å²) in [6.07, 6.45) is 10.4. The molecule has 0 spiro atoms. The van der Waals surface area contributed by atoms with Gasteiger partial charge in [-0.2, -0.15) is 0 Å². The second-order valence-electron chi connectivity index (χ2n) is 11.1. The Kier molecular flexibility index (Phi) is 8.23. The van der Waals surface area contributed by atoms with Crippen molar-refractivity contribution in [3.8, 4) is 18.1 Å². The van der Waals surface area contributed by atoms with Gasteiger partial charge in [-0.1, -0.05) is 18.1 Å². The number of piperidine rings is 1. The van der Waals surface area contributed by atoms with E-state index < -0.39 is 0 Å².